The molecule has 1 heterocycles. The van der Waals surface area contributed by atoms with Crippen molar-refractivity contribution in [1.29, 1.82) is 0 Å². The number of aromatic nitrogens is 1. The Morgan fingerprint density at radius 1 is 1.21 bits per heavy atom. The van der Waals surface area contributed by atoms with E-state index in [1.165, 1.54) is 0 Å². The van der Waals surface area contributed by atoms with Crippen molar-refractivity contribution in [3.8, 4) is 0 Å². The van der Waals surface area contributed by atoms with Crippen LogP contribution >= 0.6 is 27.5 Å². The molecule has 19 heavy (non-hydrogen) atoms. The van der Waals surface area contributed by atoms with E-state index in [-0.39, 0.29) is 0 Å². The summed E-state index contributed by atoms with van der Waals surface area (Å²) >= 11 is 9.43. The predicted octanol–water partition coefficient (Wildman–Crippen LogP) is 4.57. The monoisotopic (exact) mass is 337 g/mol. The van der Waals surface area contributed by atoms with Crippen molar-refractivity contribution in [3.63, 3.8) is 0 Å². The van der Waals surface area contributed by atoms with Crippen LogP contribution in [-0.2, 0) is 0 Å². The lowest BCUT2D eigenvalue weighted by molar-refractivity contribution is 0.623. The Morgan fingerprint density at radius 3 is 2.79 bits per heavy atom. The molecular formula is C13H9BrClN3O. The summed E-state index contributed by atoms with van der Waals surface area (Å²) in [5, 5.41) is 3.68. The Bertz CT molecular complexity index is 757. The molecule has 96 valence electrons. The molecule has 0 amide bonds. The molecule has 0 atom stereocenters. The van der Waals surface area contributed by atoms with Crippen LogP contribution in [0.2, 0.25) is 5.02 Å². The summed E-state index contributed by atoms with van der Waals surface area (Å²) in [6.45, 7) is 0. The van der Waals surface area contributed by atoms with E-state index in [2.05, 4.69) is 26.2 Å². The van der Waals surface area contributed by atoms with E-state index in [0.29, 0.717) is 27.8 Å². The number of fused-ring (bicyclic) bond motifs is 1. The molecule has 0 bridgehead atoms. The summed E-state index contributed by atoms with van der Waals surface area (Å²) in [4.78, 5) is 4.31. The fourth-order valence-electron chi connectivity index (χ4n) is 1.74. The van der Waals surface area contributed by atoms with E-state index in [1.54, 1.807) is 12.1 Å². The zero-order valence-electron chi connectivity index (χ0n) is 9.65. The van der Waals surface area contributed by atoms with Gasteiger partial charge in [-0.15, -0.1) is 0 Å². The molecule has 4 nitrogen and oxygen atoms in total. The Kier molecular flexibility index (Phi) is 3.08. The topological polar surface area (TPSA) is 64.1 Å². The van der Waals surface area contributed by atoms with Gasteiger partial charge in [-0.05, 0) is 40.2 Å². The largest absolute Gasteiger partial charge is 0.423 e. The Balaban J connectivity index is 2.02. The first-order chi connectivity index (χ1) is 9.15. The van der Waals surface area contributed by atoms with Gasteiger partial charge in [0.2, 0.25) is 0 Å². The number of hydrogen-bond donors (Lipinski definition) is 2. The van der Waals surface area contributed by atoms with Gasteiger partial charge < -0.3 is 15.5 Å². The second-order valence-corrected chi connectivity index (χ2v) is 5.14. The quantitative estimate of drug-likeness (QED) is 0.672. The van der Waals surface area contributed by atoms with Crippen LogP contribution in [0.15, 0.2) is 45.3 Å². The lowest BCUT2D eigenvalue weighted by Gasteiger charge is -2.05. The maximum atomic E-state index is 6.03. The van der Waals surface area contributed by atoms with Crippen LogP contribution < -0.4 is 11.1 Å². The van der Waals surface area contributed by atoms with Gasteiger partial charge in [0.05, 0.1) is 20.9 Å². The Labute approximate surface area is 122 Å². The number of nitrogens with two attached hydrogens (primary N) is 1. The average Bonchev–Trinajstić information content (AvgIpc) is 2.79. The number of nitrogen functional groups attached to an aromatic ring is 1. The molecule has 0 saturated heterocycles. The normalized spacial score (nSPS) is 10.8. The number of nitrogens with one attached hydrogen (secondary N) is 1. The molecule has 3 rings (SSSR count). The molecule has 3 aromatic rings. The number of halogens is 2. The number of anilines is 3. The molecular weight excluding hydrogens is 330 g/mol. The van der Waals surface area contributed by atoms with Crippen molar-refractivity contribution >= 4 is 56.0 Å². The first kappa shape index (κ1) is 12.3. The maximum absolute atomic E-state index is 6.03. The summed E-state index contributed by atoms with van der Waals surface area (Å²) in [5.41, 5.74) is 8.48. The second-order valence-electron chi connectivity index (χ2n) is 3.94. The third-order valence-corrected chi connectivity index (χ3v) is 4.04. The fraction of sp³-hybridized carbons (Fsp3) is 0. The van der Waals surface area contributed by atoms with E-state index in [1.807, 2.05) is 24.3 Å². The molecule has 0 fully saturated rings. The standard InChI is InChI=1S/C13H9BrClN3O/c14-11-7(15)3-1-5-9(11)17-13-18-12-8(16)4-2-6-10(12)19-13/h1-6H,16H2,(H,17,18). The number of oxazole rings is 1. The van der Waals surface area contributed by atoms with Crippen molar-refractivity contribution in [2.45, 2.75) is 0 Å². The first-order valence-electron chi connectivity index (χ1n) is 5.51. The Hall–Kier alpha value is -1.72. The molecule has 2 aromatic carbocycles. The van der Waals surface area contributed by atoms with Gasteiger partial charge in [-0.1, -0.05) is 23.7 Å². The zero-order chi connectivity index (χ0) is 13.4. The zero-order valence-corrected chi connectivity index (χ0v) is 12.0. The molecule has 0 radical (unpaired) electrons. The number of rotatable bonds is 2. The fourth-order valence-corrected chi connectivity index (χ4v) is 2.28. The van der Waals surface area contributed by atoms with Crippen LogP contribution in [0.4, 0.5) is 17.4 Å². The SMILES string of the molecule is Nc1cccc2oc(Nc3cccc(Cl)c3Br)nc12. The highest BCUT2D eigenvalue weighted by Crippen LogP contribution is 2.33. The number of hydrogen-bond acceptors (Lipinski definition) is 4. The molecule has 0 unspecified atom stereocenters. The molecule has 0 aliphatic carbocycles. The molecule has 6 heteroatoms. The van der Waals surface area contributed by atoms with Gasteiger partial charge in [0, 0.05) is 0 Å². The Morgan fingerprint density at radius 2 is 2.00 bits per heavy atom. The molecule has 0 spiro atoms. The van der Waals surface area contributed by atoms with E-state index in [4.69, 9.17) is 21.8 Å². The van der Waals surface area contributed by atoms with E-state index in [0.717, 1.165) is 10.2 Å². The van der Waals surface area contributed by atoms with Crippen LogP contribution in [0, 0.1) is 0 Å². The van der Waals surface area contributed by atoms with Crippen molar-refractivity contribution in [3.05, 3.63) is 45.9 Å². The van der Waals surface area contributed by atoms with Crippen molar-refractivity contribution in [1.82, 2.24) is 4.98 Å². The average molecular weight is 339 g/mol. The summed E-state index contributed by atoms with van der Waals surface area (Å²) in [6, 6.07) is 11.3. The third kappa shape index (κ3) is 2.27. The molecule has 0 aliphatic rings. The van der Waals surface area contributed by atoms with Gasteiger partial charge in [-0.2, -0.15) is 4.98 Å². The predicted molar refractivity (Wildman–Crippen MR) is 80.9 cm³/mol. The smallest absolute Gasteiger partial charge is 0.300 e. The molecule has 1 aromatic heterocycles. The van der Waals surface area contributed by atoms with Gasteiger partial charge in [-0.25, -0.2) is 0 Å². The number of nitrogens with zero attached hydrogens (tertiary/aromatic N) is 1. The van der Waals surface area contributed by atoms with Gasteiger partial charge in [0.15, 0.2) is 5.58 Å². The van der Waals surface area contributed by atoms with Gasteiger partial charge in [0.25, 0.3) is 6.01 Å². The van der Waals surface area contributed by atoms with E-state index < -0.39 is 0 Å². The highest BCUT2D eigenvalue weighted by molar-refractivity contribution is 9.10. The minimum atomic E-state index is 0.371. The van der Waals surface area contributed by atoms with E-state index >= 15 is 0 Å². The highest BCUT2D eigenvalue weighted by atomic mass is 79.9. The molecule has 0 aliphatic heterocycles. The minimum Gasteiger partial charge on any atom is -0.423 e. The first-order valence-corrected chi connectivity index (χ1v) is 6.68. The van der Waals surface area contributed by atoms with Crippen LogP contribution in [-0.4, -0.2) is 4.98 Å². The number of benzene rings is 2. The molecule has 3 N–H and O–H groups in total. The van der Waals surface area contributed by atoms with Crippen LogP contribution in [0.1, 0.15) is 0 Å². The summed E-state index contributed by atoms with van der Waals surface area (Å²) in [7, 11) is 0. The lowest BCUT2D eigenvalue weighted by atomic mass is 10.3. The maximum Gasteiger partial charge on any atom is 0.300 e. The lowest BCUT2D eigenvalue weighted by Crippen LogP contribution is -1.92. The van der Waals surface area contributed by atoms with Gasteiger partial charge in [0.1, 0.15) is 5.52 Å². The highest BCUT2D eigenvalue weighted by Gasteiger charge is 2.10. The van der Waals surface area contributed by atoms with Crippen molar-refractivity contribution in [2.24, 2.45) is 0 Å². The minimum absolute atomic E-state index is 0.371. The summed E-state index contributed by atoms with van der Waals surface area (Å²) in [5.74, 6) is 0. The van der Waals surface area contributed by atoms with Crippen LogP contribution in [0.3, 0.4) is 0 Å². The van der Waals surface area contributed by atoms with Crippen molar-refractivity contribution in [2.75, 3.05) is 11.1 Å². The number of para-hydroxylation sites is 1. The second kappa shape index (κ2) is 4.75. The van der Waals surface area contributed by atoms with Gasteiger partial charge >= 0.3 is 0 Å². The summed E-state index contributed by atoms with van der Waals surface area (Å²) in [6.07, 6.45) is 0. The van der Waals surface area contributed by atoms with Gasteiger partial charge in [-0.3, -0.25) is 0 Å². The summed E-state index contributed by atoms with van der Waals surface area (Å²) < 4.78 is 6.34. The van der Waals surface area contributed by atoms with Crippen LogP contribution in [0.5, 0.6) is 0 Å². The van der Waals surface area contributed by atoms with E-state index in [9.17, 15) is 0 Å². The van der Waals surface area contributed by atoms with Crippen molar-refractivity contribution < 1.29 is 4.42 Å². The third-order valence-electron chi connectivity index (χ3n) is 2.64. The van der Waals surface area contributed by atoms with Crippen LogP contribution in [0.25, 0.3) is 11.1 Å². The molecule has 0 saturated carbocycles.